The van der Waals surface area contributed by atoms with Crippen LogP contribution in [0, 0.1) is 0 Å². The molecule has 2 heterocycles. The fraction of sp³-hybridized carbons (Fsp3) is 0.500. The molecule has 0 saturated heterocycles. The number of hydrogen-bond donors (Lipinski definition) is 0. The van der Waals surface area contributed by atoms with Gasteiger partial charge in [0.2, 0.25) is 0 Å². The van der Waals surface area contributed by atoms with E-state index < -0.39 is 0 Å². The molecule has 1 aromatic rings. The molecular formula is C12H14BrNO3. The minimum atomic E-state index is -0.378. The molecule has 1 aliphatic rings. The van der Waals surface area contributed by atoms with Crippen LogP contribution in [0.3, 0.4) is 0 Å². The van der Waals surface area contributed by atoms with Gasteiger partial charge in [0.05, 0.1) is 17.1 Å². The summed E-state index contributed by atoms with van der Waals surface area (Å²) in [5.41, 5.74) is 1.25. The highest BCUT2D eigenvalue weighted by molar-refractivity contribution is 9.10. The van der Waals surface area contributed by atoms with E-state index >= 15 is 0 Å². The van der Waals surface area contributed by atoms with E-state index in [4.69, 9.17) is 4.74 Å². The fourth-order valence-corrected chi connectivity index (χ4v) is 2.64. The van der Waals surface area contributed by atoms with Crippen LogP contribution in [-0.4, -0.2) is 17.6 Å². The topological polar surface area (TPSA) is 48.3 Å². The van der Waals surface area contributed by atoms with Gasteiger partial charge in [0.25, 0.3) is 5.56 Å². The van der Waals surface area contributed by atoms with E-state index in [-0.39, 0.29) is 11.5 Å². The van der Waals surface area contributed by atoms with Crippen molar-refractivity contribution < 1.29 is 9.53 Å². The minimum absolute atomic E-state index is 0.0606. The van der Waals surface area contributed by atoms with E-state index in [9.17, 15) is 9.59 Å². The maximum atomic E-state index is 12.0. The third-order valence-corrected chi connectivity index (χ3v) is 3.63. The van der Waals surface area contributed by atoms with Gasteiger partial charge in [-0.1, -0.05) is 6.42 Å². The van der Waals surface area contributed by atoms with Crippen molar-refractivity contribution in [1.82, 2.24) is 4.57 Å². The van der Waals surface area contributed by atoms with Crippen LogP contribution in [0.1, 0.15) is 35.3 Å². The molecule has 0 aromatic carbocycles. The SMILES string of the molecule is COC(=O)c1cc(Br)c(=O)n2c1CCCCC2. The normalized spacial score (nSPS) is 14.9. The summed E-state index contributed by atoms with van der Waals surface area (Å²) in [7, 11) is 1.36. The summed E-state index contributed by atoms with van der Waals surface area (Å²) in [5, 5.41) is 0. The molecule has 0 fully saturated rings. The maximum Gasteiger partial charge on any atom is 0.339 e. The molecule has 0 aliphatic carbocycles. The molecule has 17 heavy (non-hydrogen) atoms. The maximum absolute atomic E-state index is 12.0. The van der Waals surface area contributed by atoms with Gasteiger partial charge in [0.15, 0.2) is 0 Å². The Morgan fingerprint density at radius 2 is 2.18 bits per heavy atom. The van der Waals surface area contributed by atoms with Crippen molar-refractivity contribution >= 4 is 21.9 Å². The highest BCUT2D eigenvalue weighted by Crippen LogP contribution is 2.20. The Morgan fingerprint density at radius 3 is 2.88 bits per heavy atom. The highest BCUT2D eigenvalue weighted by Gasteiger charge is 2.20. The molecular weight excluding hydrogens is 286 g/mol. The second-order valence-corrected chi connectivity index (χ2v) is 4.97. The number of aromatic nitrogens is 1. The van der Waals surface area contributed by atoms with E-state index in [1.807, 2.05) is 0 Å². The molecule has 5 heteroatoms. The summed E-state index contributed by atoms with van der Waals surface area (Å²) in [6, 6.07) is 1.57. The number of pyridine rings is 1. The molecule has 4 nitrogen and oxygen atoms in total. The van der Waals surface area contributed by atoms with Crippen LogP contribution in [0.25, 0.3) is 0 Å². The Bertz CT molecular complexity index is 507. The number of methoxy groups -OCH3 is 1. The van der Waals surface area contributed by atoms with Crippen molar-refractivity contribution in [2.45, 2.75) is 32.2 Å². The van der Waals surface area contributed by atoms with Crippen LogP contribution in [0.15, 0.2) is 15.3 Å². The summed E-state index contributed by atoms with van der Waals surface area (Å²) < 4.78 is 6.88. The average Bonchev–Trinajstić information content (AvgIpc) is 2.58. The predicted octanol–water partition coefficient (Wildman–Crippen LogP) is 2.12. The lowest BCUT2D eigenvalue weighted by Gasteiger charge is -2.13. The van der Waals surface area contributed by atoms with Crippen molar-refractivity contribution in [2.75, 3.05) is 7.11 Å². The molecule has 0 saturated carbocycles. The van der Waals surface area contributed by atoms with Crippen LogP contribution in [0.2, 0.25) is 0 Å². The fourth-order valence-electron chi connectivity index (χ4n) is 2.20. The molecule has 0 N–H and O–H groups in total. The molecule has 1 aromatic heterocycles. The number of halogens is 1. The van der Waals surface area contributed by atoms with E-state index in [2.05, 4.69) is 15.9 Å². The number of ether oxygens (including phenoxy) is 1. The van der Waals surface area contributed by atoms with Gasteiger partial charge < -0.3 is 9.30 Å². The zero-order valence-corrected chi connectivity index (χ0v) is 11.2. The van der Waals surface area contributed by atoms with Crippen molar-refractivity contribution in [3.63, 3.8) is 0 Å². The number of nitrogens with zero attached hydrogens (tertiary/aromatic N) is 1. The van der Waals surface area contributed by atoms with Crippen LogP contribution in [0.4, 0.5) is 0 Å². The molecule has 0 bridgehead atoms. The summed E-state index contributed by atoms with van der Waals surface area (Å²) >= 11 is 3.21. The highest BCUT2D eigenvalue weighted by atomic mass is 79.9. The first kappa shape index (κ1) is 12.4. The lowest BCUT2D eigenvalue weighted by molar-refractivity contribution is 0.0598. The second-order valence-electron chi connectivity index (χ2n) is 4.11. The van der Waals surface area contributed by atoms with Crippen molar-refractivity contribution in [3.8, 4) is 0 Å². The molecule has 0 radical (unpaired) electrons. The number of rotatable bonds is 1. The molecule has 2 rings (SSSR count). The van der Waals surface area contributed by atoms with Crippen molar-refractivity contribution in [2.24, 2.45) is 0 Å². The zero-order valence-electron chi connectivity index (χ0n) is 9.66. The number of carbonyl (C=O) groups is 1. The van der Waals surface area contributed by atoms with Crippen LogP contribution in [0.5, 0.6) is 0 Å². The van der Waals surface area contributed by atoms with Gasteiger partial charge in [-0.25, -0.2) is 4.79 Å². The van der Waals surface area contributed by atoms with Gasteiger partial charge in [-0.05, 0) is 41.3 Å². The Balaban J connectivity index is 2.64. The number of carbonyl (C=O) groups excluding carboxylic acids is 1. The molecule has 92 valence electrons. The Labute approximate surface area is 108 Å². The van der Waals surface area contributed by atoms with Crippen LogP contribution >= 0.6 is 15.9 Å². The Hall–Kier alpha value is -1.10. The van der Waals surface area contributed by atoms with Gasteiger partial charge in [-0.2, -0.15) is 0 Å². The van der Waals surface area contributed by atoms with Crippen LogP contribution < -0.4 is 5.56 Å². The lowest BCUT2D eigenvalue weighted by atomic mass is 10.1. The molecule has 1 aliphatic heterocycles. The first-order chi connectivity index (χ1) is 8.15. The van der Waals surface area contributed by atoms with Gasteiger partial charge >= 0.3 is 5.97 Å². The minimum Gasteiger partial charge on any atom is -0.465 e. The standard InChI is InChI=1S/C12H14BrNO3/c1-17-12(16)8-7-9(13)11(15)14-6-4-2-3-5-10(8)14/h7H,2-6H2,1H3. The summed E-state index contributed by atoms with van der Waals surface area (Å²) in [6.45, 7) is 0.678. The third kappa shape index (κ3) is 2.29. The van der Waals surface area contributed by atoms with E-state index in [0.717, 1.165) is 31.4 Å². The second kappa shape index (κ2) is 5.04. The van der Waals surface area contributed by atoms with E-state index in [0.29, 0.717) is 16.6 Å². The first-order valence-electron chi connectivity index (χ1n) is 5.65. The van der Waals surface area contributed by atoms with E-state index in [1.54, 1.807) is 10.6 Å². The summed E-state index contributed by atoms with van der Waals surface area (Å²) in [5.74, 6) is -0.378. The Kier molecular flexibility index (Phi) is 3.66. The predicted molar refractivity (Wildman–Crippen MR) is 67.3 cm³/mol. The quantitative estimate of drug-likeness (QED) is 0.746. The lowest BCUT2D eigenvalue weighted by Crippen LogP contribution is -2.26. The average molecular weight is 300 g/mol. The Morgan fingerprint density at radius 1 is 1.41 bits per heavy atom. The largest absolute Gasteiger partial charge is 0.465 e. The molecule has 0 unspecified atom stereocenters. The molecule has 0 amide bonds. The van der Waals surface area contributed by atoms with Gasteiger partial charge in [0, 0.05) is 12.2 Å². The number of hydrogen-bond acceptors (Lipinski definition) is 3. The monoisotopic (exact) mass is 299 g/mol. The summed E-state index contributed by atoms with van der Waals surface area (Å²) in [4.78, 5) is 23.7. The van der Waals surface area contributed by atoms with Gasteiger partial charge in [-0.3, -0.25) is 4.79 Å². The van der Waals surface area contributed by atoms with Crippen LogP contribution in [-0.2, 0) is 17.7 Å². The summed E-state index contributed by atoms with van der Waals surface area (Å²) in [6.07, 6.45) is 3.82. The van der Waals surface area contributed by atoms with Crippen molar-refractivity contribution in [3.05, 3.63) is 32.2 Å². The molecule has 0 spiro atoms. The number of fused-ring (bicyclic) bond motifs is 1. The van der Waals surface area contributed by atoms with Gasteiger partial charge in [0.1, 0.15) is 0 Å². The van der Waals surface area contributed by atoms with Crippen molar-refractivity contribution in [1.29, 1.82) is 0 Å². The molecule has 0 atom stereocenters. The zero-order chi connectivity index (χ0) is 12.4. The first-order valence-corrected chi connectivity index (χ1v) is 6.45. The smallest absolute Gasteiger partial charge is 0.339 e. The van der Waals surface area contributed by atoms with E-state index in [1.165, 1.54) is 7.11 Å². The number of esters is 1. The van der Waals surface area contributed by atoms with Gasteiger partial charge in [-0.15, -0.1) is 0 Å². The third-order valence-electron chi connectivity index (χ3n) is 3.06.